The molecule has 122 valence electrons. The molecule has 0 aliphatic heterocycles. The Morgan fingerprint density at radius 1 is 1.12 bits per heavy atom. The largest absolute Gasteiger partial charge is 0.324 e. The van der Waals surface area contributed by atoms with Gasteiger partial charge in [0.1, 0.15) is 0 Å². The van der Waals surface area contributed by atoms with Crippen LogP contribution in [0.25, 0.3) is 10.9 Å². The standard InChI is InChI=1S/C20H19ClN2O/c1-13(15-6-4-3-5-7-15)12-19(24)23-20-16-9-8-14(2)22-18(16)11-10-17(20)21/h3-11,13H,12H2,1-2H3,(H,23,24)/t13-/m0/s1. The van der Waals surface area contributed by atoms with Gasteiger partial charge in [-0.15, -0.1) is 0 Å². The van der Waals surface area contributed by atoms with Crippen LogP contribution in [0.1, 0.15) is 30.5 Å². The Morgan fingerprint density at radius 3 is 2.62 bits per heavy atom. The minimum atomic E-state index is -0.0543. The van der Waals surface area contributed by atoms with Crippen LogP contribution < -0.4 is 5.32 Å². The number of nitrogens with one attached hydrogen (secondary N) is 1. The number of pyridine rings is 1. The number of hydrogen-bond acceptors (Lipinski definition) is 2. The van der Waals surface area contributed by atoms with E-state index in [2.05, 4.69) is 10.3 Å². The molecule has 0 bridgehead atoms. The molecule has 2 aromatic carbocycles. The first-order valence-electron chi connectivity index (χ1n) is 7.95. The van der Waals surface area contributed by atoms with Gasteiger partial charge >= 0.3 is 0 Å². The number of carbonyl (C=O) groups is 1. The van der Waals surface area contributed by atoms with Crippen LogP contribution in [0, 0.1) is 6.92 Å². The molecule has 0 fully saturated rings. The number of rotatable bonds is 4. The summed E-state index contributed by atoms with van der Waals surface area (Å²) < 4.78 is 0. The highest BCUT2D eigenvalue weighted by Gasteiger charge is 2.14. The zero-order valence-corrected chi connectivity index (χ0v) is 14.5. The first-order valence-corrected chi connectivity index (χ1v) is 8.33. The van der Waals surface area contributed by atoms with Crippen molar-refractivity contribution >= 4 is 34.1 Å². The van der Waals surface area contributed by atoms with E-state index in [1.54, 1.807) is 6.07 Å². The highest BCUT2D eigenvalue weighted by atomic mass is 35.5. The third-order valence-electron chi connectivity index (χ3n) is 4.08. The van der Waals surface area contributed by atoms with Crippen LogP contribution in [0.2, 0.25) is 5.02 Å². The minimum absolute atomic E-state index is 0.0543. The number of halogens is 1. The quantitative estimate of drug-likeness (QED) is 0.698. The van der Waals surface area contributed by atoms with Crippen molar-refractivity contribution in [3.8, 4) is 0 Å². The Hall–Kier alpha value is -2.39. The van der Waals surface area contributed by atoms with Crippen LogP contribution in [-0.4, -0.2) is 10.9 Å². The highest BCUT2D eigenvalue weighted by Crippen LogP contribution is 2.31. The highest BCUT2D eigenvalue weighted by molar-refractivity contribution is 6.35. The second-order valence-electron chi connectivity index (χ2n) is 6.01. The number of carbonyl (C=O) groups excluding carboxylic acids is 1. The molecule has 1 N–H and O–H groups in total. The van der Waals surface area contributed by atoms with Crippen LogP contribution in [0.15, 0.2) is 54.6 Å². The number of anilines is 1. The monoisotopic (exact) mass is 338 g/mol. The number of nitrogens with zero attached hydrogens (tertiary/aromatic N) is 1. The molecule has 3 rings (SSSR count). The summed E-state index contributed by atoms with van der Waals surface area (Å²) in [6.45, 7) is 3.98. The van der Waals surface area contributed by atoms with Crippen LogP contribution in [0.4, 0.5) is 5.69 Å². The number of aryl methyl sites for hydroxylation is 1. The van der Waals surface area contributed by atoms with E-state index in [1.165, 1.54) is 0 Å². The molecule has 0 aliphatic carbocycles. The first-order chi connectivity index (χ1) is 11.5. The van der Waals surface area contributed by atoms with Gasteiger partial charge in [0.2, 0.25) is 5.91 Å². The number of hydrogen-bond donors (Lipinski definition) is 1. The van der Waals surface area contributed by atoms with Crippen molar-refractivity contribution in [2.75, 3.05) is 5.32 Å². The van der Waals surface area contributed by atoms with E-state index in [4.69, 9.17) is 11.6 Å². The van der Waals surface area contributed by atoms with Crippen molar-refractivity contribution < 1.29 is 4.79 Å². The summed E-state index contributed by atoms with van der Waals surface area (Å²) in [6, 6.07) is 17.5. The van der Waals surface area contributed by atoms with Crippen molar-refractivity contribution in [1.82, 2.24) is 4.98 Å². The molecule has 0 aliphatic rings. The SMILES string of the molecule is Cc1ccc2c(NC(=O)C[C@H](C)c3ccccc3)c(Cl)ccc2n1. The van der Waals surface area contributed by atoms with Crippen LogP contribution >= 0.6 is 11.6 Å². The molecule has 0 saturated carbocycles. The van der Waals surface area contributed by atoms with Crippen molar-refractivity contribution in [3.63, 3.8) is 0 Å². The summed E-state index contributed by atoms with van der Waals surface area (Å²) in [4.78, 5) is 17.0. The summed E-state index contributed by atoms with van der Waals surface area (Å²) in [5.41, 5.74) is 3.53. The van der Waals surface area contributed by atoms with Gasteiger partial charge in [-0.1, -0.05) is 48.9 Å². The lowest BCUT2D eigenvalue weighted by Crippen LogP contribution is -2.15. The first kappa shape index (κ1) is 16.5. The van der Waals surface area contributed by atoms with Crippen LogP contribution in [0.5, 0.6) is 0 Å². The van der Waals surface area contributed by atoms with Gasteiger partial charge in [-0.05, 0) is 42.7 Å². The molecule has 24 heavy (non-hydrogen) atoms. The Bertz CT molecular complexity index is 877. The maximum absolute atomic E-state index is 12.5. The van der Waals surface area contributed by atoms with E-state index in [9.17, 15) is 4.79 Å². The molecule has 1 atom stereocenters. The molecule has 3 aromatic rings. The topological polar surface area (TPSA) is 42.0 Å². The number of fused-ring (bicyclic) bond motifs is 1. The molecular formula is C20H19ClN2O. The van der Waals surface area contributed by atoms with E-state index in [0.717, 1.165) is 22.2 Å². The van der Waals surface area contributed by atoms with Crippen molar-refractivity contribution in [3.05, 3.63) is 70.9 Å². The molecule has 1 aromatic heterocycles. The summed E-state index contributed by atoms with van der Waals surface area (Å²) in [5.74, 6) is 0.0849. The zero-order chi connectivity index (χ0) is 17.1. The summed E-state index contributed by atoms with van der Waals surface area (Å²) in [5, 5.41) is 4.34. The third-order valence-corrected chi connectivity index (χ3v) is 4.40. The Labute approximate surface area is 146 Å². The molecule has 1 heterocycles. The average Bonchev–Trinajstić information content (AvgIpc) is 2.58. The van der Waals surface area contributed by atoms with E-state index in [0.29, 0.717) is 17.1 Å². The third kappa shape index (κ3) is 3.57. The lowest BCUT2D eigenvalue weighted by atomic mass is 9.97. The second-order valence-corrected chi connectivity index (χ2v) is 6.41. The maximum Gasteiger partial charge on any atom is 0.225 e. The summed E-state index contributed by atoms with van der Waals surface area (Å²) in [7, 11) is 0. The number of benzene rings is 2. The van der Waals surface area contributed by atoms with Gasteiger partial charge in [0.05, 0.1) is 16.2 Å². The van der Waals surface area contributed by atoms with Crippen molar-refractivity contribution in [1.29, 1.82) is 0 Å². The van der Waals surface area contributed by atoms with Crippen LogP contribution in [0.3, 0.4) is 0 Å². The lowest BCUT2D eigenvalue weighted by Gasteiger charge is -2.14. The zero-order valence-electron chi connectivity index (χ0n) is 13.7. The van der Waals surface area contributed by atoms with Gasteiger partial charge in [0.25, 0.3) is 0 Å². The van der Waals surface area contributed by atoms with Gasteiger partial charge in [-0.25, -0.2) is 0 Å². The fraction of sp³-hybridized carbons (Fsp3) is 0.200. The lowest BCUT2D eigenvalue weighted by molar-refractivity contribution is -0.116. The molecule has 0 saturated heterocycles. The summed E-state index contributed by atoms with van der Waals surface area (Å²) >= 11 is 6.30. The average molecular weight is 339 g/mol. The smallest absolute Gasteiger partial charge is 0.225 e. The van der Waals surface area contributed by atoms with E-state index in [1.807, 2.05) is 62.4 Å². The van der Waals surface area contributed by atoms with E-state index >= 15 is 0 Å². The fourth-order valence-corrected chi connectivity index (χ4v) is 2.99. The van der Waals surface area contributed by atoms with Crippen LogP contribution in [-0.2, 0) is 4.79 Å². The Balaban J connectivity index is 1.82. The van der Waals surface area contributed by atoms with E-state index < -0.39 is 0 Å². The predicted molar refractivity (Wildman–Crippen MR) is 99.6 cm³/mol. The van der Waals surface area contributed by atoms with Crippen molar-refractivity contribution in [2.24, 2.45) is 0 Å². The minimum Gasteiger partial charge on any atom is -0.324 e. The van der Waals surface area contributed by atoms with Gasteiger partial charge in [-0.2, -0.15) is 0 Å². The molecule has 4 heteroatoms. The van der Waals surface area contributed by atoms with E-state index in [-0.39, 0.29) is 11.8 Å². The van der Waals surface area contributed by atoms with Gasteiger partial charge in [0, 0.05) is 17.5 Å². The predicted octanol–water partition coefficient (Wildman–Crippen LogP) is 5.33. The number of amides is 1. The van der Waals surface area contributed by atoms with Gasteiger partial charge in [0.15, 0.2) is 0 Å². The molecule has 1 amide bonds. The molecule has 3 nitrogen and oxygen atoms in total. The molecule has 0 spiro atoms. The Morgan fingerprint density at radius 2 is 1.88 bits per heavy atom. The molecule has 0 radical (unpaired) electrons. The normalized spacial score (nSPS) is 12.1. The second kappa shape index (κ2) is 7.02. The maximum atomic E-state index is 12.5. The molecular weight excluding hydrogens is 320 g/mol. The van der Waals surface area contributed by atoms with Gasteiger partial charge < -0.3 is 5.32 Å². The van der Waals surface area contributed by atoms with Crippen molar-refractivity contribution in [2.45, 2.75) is 26.2 Å². The number of aromatic nitrogens is 1. The Kier molecular flexibility index (Phi) is 4.81. The molecule has 0 unspecified atom stereocenters. The van der Waals surface area contributed by atoms with Gasteiger partial charge in [-0.3, -0.25) is 9.78 Å². The summed E-state index contributed by atoms with van der Waals surface area (Å²) in [6.07, 6.45) is 0.399. The fourth-order valence-electron chi connectivity index (χ4n) is 2.77.